The largest absolute Gasteiger partial charge is 0.355 e. The van der Waals surface area contributed by atoms with Crippen LogP contribution in [0.25, 0.3) is 27.6 Å². The van der Waals surface area contributed by atoms with E-state index < -0.39 is 0 Å². The highest BCUT2D eigenvalue weighted by Gasteiger charge is 2.17. The van der Waals surface area contributed by atoms with Gasteiger partial charge in [-0.1, -0.05) is 74.3 Å². The van der Waals surface area contributed by atoms with Crippen molar-refractivity contribution < 1.29 is 4.79 Å². The number of thioether (sulfide) groups is 1. The molecule has 2 N–H and O–H groups in total. The van der Waals surface area contributed by atoms with Crippen LogP contribution >= 0.6 is 11.8 Å². The monoisotopic (exact) mass is 434 g/mol. The van der Waals surface area contributed by atoms with Crippen molar-refractivity contribution in [2.75, 3.05) is 12.3 Å². The third-order valence-corrected chi connectivity index (χ3v) is 6.13. The van der Waals surface area contributed by atoms with Gasteiger partial charge in [-0.05, 0) is 24.6 Å². The van der Waals surface area contributed by atoms with Gasteiger partial charge < -0.3 is 10.3 Å². The summed E-state index contributed by atoms with van der Waals surface area (Å²) in [4.78, 5) is 33.8. The Balaban J connectivity index is 1.65. The molecule has 0 unspecified atom stereocenters. The van der Waals surface area contributed by atoms with Gasteiger partial charge in [0, 0.05) is 17.4 Å². The Morgan fingerprint density at radius 2 is 1.84 bits per heavy atom. The van der Waals surface area contributed by atoms with E-state index in [-0.39, 0.29) is 17.2 Å². The summed E-state index contributed by atoms with van der Waals surface area (Å²) in [5, 5.41) is 4.38. The molecule has 0 saturated heterocycles. The summed E-state index contributed by atoms with van der Waals surface area (Å²) in [5.41, 5.74) is 2.52. The zero-order valence-corrected chi connectivity index (χ0v) is 18.4. The fraction of sp³-hybridized carbons (Fsp3) is 0.292. The molecular formula is C24H26N4O2S. The van der Waals surface area contributed by atoms with Crippen LogP contribution in [0.3, 0.4) is 0 Å². The highest BCUT2D eigenvalue weighted by Crippen LogP contribution is 2.26. The zero-order valence-electron chi connectivity index (χ0n) is 17.6. The molecule has 2 heterocycles. The first-order chi connectivity index (χ1) is 15.2. The number of H-pyrrole nitrogens is 1. The van der Waals surface area contributed by atoms with Crippen LogP contribution < -0.4 is 10.9 Å². The number of para-hydroxylation sites is 2. The Hall–Kier alpha value is -3.06. The number of benzene rings is 2. The summed E-state index contributed by atoms with van der Waals surface area (Å²) >= 11 is 1.29. The quantitative estimate of drug-likeness (QED) is 0.228. The maximum atomic E-state index is 13.4. The molecule has 0 aliphatic carbocycles. The second-order valence-electron chi connectivity index (χ2n) is 7.46. The number of aromatic nitrogens is 3. The molecule has 0 spiro atoms. The van der Waals surface area contributed by atoms with E-state index >= 15 is 0 Å². The Kier molecular flexibility index (Phi) is 6.72. The normalized spacial score (nSPS) is 11.3. The Labute approximate surface area is 185 Å². The lowest BCUT2D eigenvalue weighted by atomic mass is 10.2. The number of rotatable bonds is 9. The van der Waals surface area contributed by atoms with Crippen LogP contribution in [-0.4, -0.2) is 32.7 Å². The second kappa shape index (κ2) is 9.83. The van der Waals surface area contributed by atoms with E-state index in [1.165, 1.54) is 24.6 Å². The molecule has 4 aromatic rings. The van der Waals surface area contributed by atoms with E-state index in [2.05, 4.69) is 17.2 Å². The van der Waals surface area contributed by atoms with Crippen LogP contribution in [0.1, 0.15) is 32.6 Å². The maximum Gasteiger partial charge on any atom is 0.283 e. The molecule has 0 radical (unpaired) electrons. The minimum Gasteiger partial charge on any atom is -0.355 e. The van der Waals surface area contributed by atoms with Crippen LogP contribution in [-0.2, 0) is 4.79 Å². The zero-order chi connectivity index (χ0) is 21.6. The predicted octanol–water partition coefficient (Wildman–Crippen LogP) is 4.66. The van der Waals surface area contributed by atoms with Crippen LogP contribution in [0.15, 0.2) is 64.5 Å². The van der Waals surface area contributed by atoms with Gasteiger partial charge in [0.15, 0.2) is 5.16 Å². The lowest BCUT2D eigenvalue weighted by Gasteiger charge is -2.12. The standard InChI is InChI=1S/C24H26N4O2S/c1-2-3-4-10-15-25-20(29)16-31-24-27-21-18-13-8-9-14-19(18)26-22(21)23(30)28(24)17-11-6-5-7-12-17/h5-9,11-14,26H,2-4,10,15-16H2,1H3,(H,25,29). The smallest absolute Gasteiger partial charge is 0.283 e. The number of aromatic amines is 1. The molecule has 0 bridgehead atoms. The molecule has 1 amide bonds. The van der Waals surface area contributed by atoms with Gasteiger partial charge in [0.2, 0.25) is 5.91 Å². The highest BCUT2D eigenvalue weighted by atomic mass is 32.2. The Morgan fingerprint density at radius 1 is 1.06 bits per heavy atom. The summed E-state index contributed by atoms with van der Waals surface area (Å²) in [6.07, 6.45) is 4.46. The molecule has 0 aliphatic rings. The van der Waals surface area contributed by atoms with Crippen molar-refractivity contribution in [2.45, 2.75) is 37.8 Å². The van der Waals surface area contributed by atoms with Crippen LogP contribution in [0.5, 0.6) is 0 Å². The maximum absolute atomic E-state index is 13.4. The molecular weight excluding hydrogens is 408 g/mol. The molecule has 0 saturated carbocycles. The second-order valence-corrected chi connectivity index (χ2v) is 8.41. The van der Waals surface area contributed by atoms with Gasteiger partial charge in [-0.3, -0.25) is 14.2 Å². The fourth-order valence-corrected chi connectivity index (χ4v) is 4.44. The highest BCUT2D eigenvalue weighted by molar-refractivity contribution is 7.99. The minimum atomic E-state index is -0.171. The van der Waals surface area contributed by atoms with Crippen molar-refractivity contribution in [2.24, 2.45) is 0 Å². The van der Waals surface area contributed by atoms with Gasteiger partial charge >= 0.3 is 0 Å². The molecule has 4 rings (SSSR count). The number of carbonyl (C=O) groups is 1. The van der Waals surface area contributed by atoms with Gasteiger partial charge in [-0.25, -0.2) is 4.98 Å². The van der Waals surface area contributed by atoms with Crippen molar-refractivity contribution in [1.29, 1.82) is 0 Å². The van der Waals surface area contributed by atoms with Crippen molar-refractivity contribution in [3.63, 3.8) is 0 Å². The molecule has 31 heavy (non-hydrogen) atoms. The predicted molar refractivity (Wildman–Crippen MR) is 127 cm³/mol. The Bertz CT molecular complexity index is 1250. The van der Waals surface area contributed by atoms with Gasteiger partial charge in [0.05, 0.1) is 11.4 Å². The first-order valence-corrected chi connectivity index (χ1v) is 11.7. The van der Waals surface area contributed by atoms with Gasteiger partial charge in [0.1, 0.15) is 11.0 Å². The average molecular weight is 435 g/mol. The lowest BCUT2D eigenvalue weighted by Crippen LogP contribution is -2.27. The van der Waals surface area contributed by atoms with E-state index in [4.69, 9.17) is 4.98 Å². The molecule has 0 atom stereocenters. The topological polar surface area (TPSA) is 79.8 Å². The molecule has 0 fully saturated rings. The summed E-state index contributed by atoms with van der Waals surface area (Å²) in [5.74, 6) is 0.162. The van der Waals surface area contributed by atoms with Crippen molar-refractivity contribution in [3.05, 3.63) is 65.0 Å². The summed E-state index contributed by atoms with van der Waals surface area (Å²) < 4.78 is 1.58. The third-order valence-electron chi connectivity index (χ3n) is 5.19. The number of nitrogens with one attached hydrogen (secondary N) is 2. The lowest BCUT2D eigenvalue weighted by molar-refractivity contribution is -0.118. The number of carbonyl (C=O) groups excluding carboxylic acids is 1. The van der Waals surface area contributed by atoms with Crippen molar-refractivity contribution in [1.82, 2.24) is 19.9 Å². The molecule has 2 aromatic heterocycles. The third kappa shape index (κ3) is 4.66. The van der Waals surface area contributed by atoms with Gasteiger partial charge in [-0.15, -0.1) is 0 Å². The van der Waals surface area contributed by atoms with Crippen LogP contribution in [0.4, 0.5) is 0 Å². The number of nitrogens with zero attached hydrogens (tertiary/aromatic N) is 2. The summed E-state index contributed by atoms with van der Waals surface area (Å²) in [7, 11) is 0. The number of fused-ring (bicyclic) bond motifs is 3. The van der Waals surface area contributed by atoms with Crippen LogP contribution in [0.2, 0.25) is 0 Å². The molecule has 2 aromatic carbocycles. The number of amides is 1. The fourth-order valence-electron chi connectivity index (χ4n) is 3.60. The molecule has 0 aliphatic heterocycles. The van der Waals surface area contributed by atoms with Crippen molar-refractivity contribution >= 4 is 39.6 Å². The van der Waals surface area contributed by atoms with Crippen LogP contribution in [0, 0.1) is 0 Å². The van der Waals surface area contributed by atoms with Crippen molar-refractivity contribution in [3.8, 4) is 5.69 Å². The summed E-state index contributed by atoms with van der Waals surface area (Å²) in [6, 6.07) is 17.1. The molecule has 160 valence electrons. The van der Waals surface area contributed by atoms with E-state index in [0.29, 0.717) is 22.7 Å². The number of unbranched alkanes of at least 4 members (excludes halogenated alkanes) is 3. The average Bonchev–Trinajstić information content (AvgIpc) is 3.17. The number of hydrogen-bond acceptors (Lipinski definition) is 4. The molecule has 7 heteroatoms. The minimum absolute atomic E-state index is 0.0469. The number of hydrogen-bond donors (Lipinski definition) is 2. The first-order valence-electron chi connectivity index (χ1n) is 10.7. The first kappa shape index (κ1) is 21.2. The van der Waals surface area contributed by atoms with E-state index in [0.717, 1.165) is 29.4 Å². The van der Waals surface area contributed by atoms with Gasteiger partial charge in [-0.2, -0.15) is 0 Å². The van der Waals surface area contributed by atoms with E-state index in [1.54, 1.807) is 4.57 Å². The SMILES string of the molecule is CCCCCCNC(=O)CSc1nc2c([nH]c3ccccc32)c(=O)n1-c1ccccc1. The molecule has 6 nitrogen and oxygen atoms in total. The van der Waals surface area contributed by atoms with E-state index in [9.17, 15) is 9.59 Å². The van der Waals surface area contributed by atoms with E-state index in [1.807, 2.05) is 54.6 Å². The Morgan fingerprint density at radius 3 is 2.65 bits per heavy atom. The van der Waals surface area contributed by atoms with Gasteiger partial charge in [0.25, 0.3) is 5.56 Å². The summed E-state index contributed by atoms with van der Waals surface area (Å²) in [6.45, 7) is 2.85.